The normalized spacial score (nSPS) is 10.8. The first-order chi connectivity index (χ1) is 21.8. The molecule has 4 aromatic rings. The monoisotopic (exact) mass is 594 g/mol. The van der Waals surface area contributed by atoms with Gasteiger partial charge in [-0.15, -0.1) is 13.2 Å². The van der Waals surface area contributed by atoms with Gasteiger partial charge in [0.15, 0.2) is 0 Å². The maximum atomic E-state index is 6.19. The molecule has 0 amide bonds. The van der Waals surface area contributed by atoms with Crippen LogP contribution in [0.3, 0.4) is 0 Å². The van der Waals surface area contributed by atoms with Gasteiger partial charge in [-0.25, -0.2) is 0 Å². The van der Waals surface area contributed by atoms with Gasteiger partial charge < -0.3 is 28.4 Å². The van der Waals surface area contributed by atoms with E-state index >= 15 is 0 Å². The van der Waals surface area contributed by atoms with Gasteiger partial charge >= 0.3 is 0 Å². The molecular formula is C38H42O6. The molecule has 0 heterocycles. The van der Waals surface area contributed by atoms with Crippen molar-refractivity contribution in [3.63, 3.8) is 0 Å². The first-order valence-corrected chi connectivity index (χ1v) is 15.0. The van der Waals surface area contributed by atoms with Crippen molar-refractivity contribution in [3.8, 4) is 44.9 Å². The third-order valence-electron chi connectivity index (χ3n) is 6.65. The lowest BCUT2D eigenvalue weighted by Crippen LogP contribution is -2.11. The fourth-order valence-corrected chi connectivity index (χ4v) is 4.55. The highest BCUT2D eigenvalue weighted by molar-refractivity contribution is 5.81. The van der Waals surface area contributed by atoms with Gasteiger partial charge in [-0.3, -0.25) is 0 Å². The summed E-state index contributed by atoms with van der Waals surface area (Å²) in [4.78, 5) is 0. The second kappa shape index (κ2) is 19.2. The molecular weight excluding hydrogens is 552 g/mol. The molecule has 0 radical (unpaired) electrons. The van der Waals surface area contributed by atoms with Crippen molar-refractivity contribution in [2.24, 2.45) is 0 Å². The van der Waals surface area contributed by atoms with E-state index in [2.05, 4.69) is 61.7 Å². The zero-order valence-electron chi connectivity index (χ0n) is 25.3. The maximum absolute atomic E-state index is 6.19. The Labute approximate surface area is 261 Å². The van der Waals surface area contributed by atoms with Crippen molar-refractivity contribution in [2.75, 3.05) is 66.1 Å². The minimum Gasteiger partial charge on any atom is -0.491 e. The average Bonchev–Trinajstić information content (AvgIpc) is 3.08. The Morgan fingerprint density at radius 1 is 0.409 bits per heavy atom. The molecule has 4 rings (SSSR count). The van der Waals surface area contributed by atoms with Crippen LogP contribution >= 0.6 is 0 Å². The van der Waals surface area contributed by atoms with Gasteiger partial charge in [-0.2, -0.15) is 0 Å². The summed E-state index contributed by atoms with van der Waals surface area (Å²) in [7, 11) is 0. The summed E-state index contributed by atoms with van der Waals surface area (Å²) in [6.07, 6.45) is 3.45. The van der Waals surface area contributed by atoms with Crippen molar-refractivity contribution in [1.29, 1.82) is 0 Å². The van der Waals surface area contributed by atoms with E-state index in [4.69, 9.17) is 28.4 Å². The highest BCUT2D eigenvalue weighted by atomic mass is 16.5. The third kappa shape index (κ3) is 10.5. The number of benzene rings is 4. The lowest BCUT2D eigenvalue weighted by Gasteiger charge is -2.16. The van der Waals surface area contributed by atoms with Crippen molar-refractivity contribution in [1.82, 2.24) is 0 Å². The summed E-state index contributed by atoms with van der Waals surface area (Å²) in [5, 5.41) is 0. The SMILES string of the molecule is C=CCOCCOCCOc1ccc(-c2ccc(OCCOCCOCC=C)c(-c3ccccc3)c2)cc1-c1ccccc1. The molecule has 230 valence electrons. The molecule has 0 fully saturated rings. The molecule has 0 bridgehead atoms. The molecule has 0 aliphatic rings. The Morgan fingerprint density at radius 3 is 1.20 bits per heavy atom. The van der Waals surface area contributed by atoms with Gasteiger partial charge in [0.1, 0.15) is 24.7 Å². The van der Waals surface area contributed by atoms with Gasteiger partial charge in [-0.1, -0.05) is 84.9 Å². The highest BCUT2D eigenvalue weighted by Gasteiger charge is 2.13. The number of ether oxygens (including phenoxy) is 6. The predicted molar refractivity (Wildman–Crippen MR) is 177 cm³/mol. The van der Waals surface area contributed by atoms with E-state index in [9.17, 15) is 0 Å². The van der Waals surface area contributed by atoms with Crippen molar-refractivity contribution in [2.45, 2.75) is 0 Å². The van der Waals surface area contributed by atoms with Crippen LogP contribution in [-0.4, -0.2) is 66.1 Å². The second-order valence-corrected chi connectivity index (χ2v) is 9.80. The fourth-order valence-electron chi connectivity index (χ4n) is 4.55. The Balaban J connectivity index is 1.49. The molecule has 6 heteroatoms. The van der Waals surface area contributed by atoms with E-state index in [-0.39, 0.29) is 0 Å². The number of hydrogen-bond acceptors (Lipinski definition) is 6. The Hall–Kier alpha value is -4.20. The first kappa shape index (κ1) is 32.7. The van der Waals surface area contributed by atoms with Gasteiger partial charge in [0.2, 0.25) is 0 Å². The number of rotatable bonds is 21. The van der Waals surface area contributed by atoms with Crippen LogP contribution in [0.4, 0.5) is 0 Å². The van der Waals surface area contributed by atoms with E-state index in [0.717, 1.165) is 44.9 Å². The lowest BCUT2D eigenvalue weighted by atomic mass is 9.95. The van der Waals surface area contributed by atoms with Crippen LogP contribution < -0.4 is 9.47 Å². The van der Waals surface area contributed by atoms with Crippen LogP contribution in [0.1, 0.15) is 0 Å². The molecule has 0 aliphatic carbocycles. The molecule has 0 aliphatic heterocycles. The summed E-state index contributed by atoms with van der Waals surface area (Å²) < 4.78 is 34.4. The van der Waals surface area contributed by atoms with E-state index in [0.29, 0.717) is 66.1 Å². The van der Waals surface area contributed by atoms with Gasteiger partial charge in [0.05, 0.1) is 52.9 Å². The molecule has 6 nitrogen and oxygen atoms in total. The van der Waals surface area contributed by atoms with Crippen LogP contribution in [0, 0.1) is 0 Å². The molecule has 0 unspecified atom stereocenters. The molecule has 44 heavy (non-hydrogen) atoms. The minimum absolute atomic E-state index is 0.441. The van der Waals surface area contributed by atoms with Crippen LogP contribution in [0.2, 0.25) is 0 Å². The van der Waals surface area contributed by atoms with Crippen LogP contribution in [-0.2, 0) is 18.9 Å². The van der Waals surface area contributed by atoms with Crippen molar-refractivity contribution < 1.29 is 28.4 Å². The summed E-state index contributed by atoms with van der Waals surface area (Å²) in [6, 6.07) is 33.2. The highest BCUT2D eigenvalue weighted by Crippen LogP contribution is 2.38. The predicted octanol–water partition coefficient (Wildman–Crippen LogP) is 7.88. The maximum Gasteiger partial charge on any atom is 0.127 e. The Morgan fingerprint density at radius 2 is 0.795 bits per heavy atom. The summed E-state index contributed by atoms with van der Waals surface area (Å²) in [5.74, 6) is 1.62. The van der Waals surface area contributed by atoms with Gasteiger partial charge in [-0.05, 0) is 46.5 Å². The molecule has 0 atom stereocenters. The van der Waals surface area contributed by atoms with E-state index in [1.54, 1.807) is 12.2 Å². The smallest absolute Gasteiger partial charge is 0.127 e. The molecule has 0 saturated heterocycles. The van der Waals surface area contributed by atoms with E-state index in [1.165, 1.54) is 0 Å². The summed E-state index contributed by atoms with van der Waals surface area (Å²) in [6.45, 7) is 12.3. The van der Waals surface area contributed by atoms with E-state index in [1.807, 2.05) is 48.5 Å². The van der Waals surface area contributed by atoms with E-state index < -0.39 is 0 Å². The molecule has 0 N–H and O–H groups in total. The number of hydrogen-bond donors (Lipinski definition) is 0. The topological polar surface area (TPSA) is 55.4 Å². The largest absolute Gasteiger partial charge is 0.491 e. The average molecular weight is 595 g/mol. The first-order valence-electron chi connectivity index (χ1n) is 15.0. The Kier molecular flexibility index (Phi) is 14.2. The molecule has 0 aromatic heterocycles. The van der Waals surface area contributed by atoms with Crippen molar-refractivity contribution >= 4 is 0 Å². The Bertz CT molecular complexity index is 1290. The molecule has 0 spiro atoms. The fraction of sp³-hybridized carbons (Fsp3) is 0.263. The lowest BCUT2D eigenvalue weighted by molar-refractivity contribution is 0.0450. The zero-order valence-corrected chi connectivity index (χ0v) is 25.3. The molecule has 0 saturated carbocycles. The quantitative estimate of drug-likeness (QED) is 0.0723. The standard InChI is InChI=1S/C38H42O6/c1-3-19-39-21-23-41-25-27-43-37-17-15-33(29-35(37)31-11-7-5-8-12-31)34-16-18-38(36(30-34)32-13-9-6-10-14-32)44-28-26-42-24-22-40-20-4-2/h3-18,29-30H,1-2,19-28H2. The summed E-state index contributed by atoms with van der Waals surface area (Å²) in [5.41, 5.74) is 6.38. The zero-order chi connectivity index (χ0) is 30.7. The second-order valence-electron chi connectivity index (χ2n) is 9.80. The third-order valence-corrected chi connectivity index (χ3v) is 6.65. The van der Waals surface area contributed by atoms with Crippen LogP contribution in [0.25, 0.3) is 33.4 Å². The van der Waals surface area contributed by atoms with Crippen molar-refractivity contribution in [3.05, 3.63) is 122 Å². The van der Waals surface area contributed by atoms with Crippen LogP contribution in [0.15, 0.2) is 122 Å². The molecule has 4 aromatic carbocycles. The van der Waals surface area contributed by atoms with Gasteiger partial charge in [0.25, 0.3) is 0 Å². The minimum atomic E-state index is 0.441. The van der Waals surface area contributed by atoms with Crippen LogP contribution in [0.5, 0.6) is 11.5 Å². The van der Waals surface area contributed by atoms with Gasteiger partial charge in [0, 0.05) is 11.1 Å². The summed E-state index contributed by atoms with van der Waals surface area (Å²) >= 11 is 0.